The van der Waals surface area contributed by atoms with E-state index in [4.69, 9.17) is 4.74 Å². The number of nitrogens with zero attached hydrogens (tertiary/aromatic N) is 2. The summed E-state index contributed by atoms with van der Waals surface area (Å²) in [4.78, 5) is 28.7. The second-order valence-electron chi connectivity index (χ2n) is 7.30. The molecule has 1 aliphatic heterocycles. The second-order valence-corrected chi connectivity index (χ2v) is 8.22. The number of methoxy groups -OCH3 is 1. The molecule has 1 fully saturated rings. The number of nitrogens with one attached hydrogen (secondary N) is 1. The van der Waals surface area contributed by atoms with Crippen LogP contribution < -0.4 is 5.32 Å². The minimum Gasteiger partial charge on any atom is -0.465 e. The van der Waals surface area contributed by atoms with Gasteiger partial charge in [0.1, 0.15) is 4.88 Å². The lowest BCUT2D eigenvalue weighted by atomic mass is 10.1. The Balaban J connectivity index is 1.49. The van der Waals surface area contributed by atoms with Crippen molar-refractivity contribution in [1.29, 1.82) is 0 Å². The van der Waals surface area contributed by atoms with Gasteiger partial charge in [-0.25, -0.2) is 4.79 Å². The first-order valence-corrected chi connectivity index (χ1v) is 10.7. The Labute approximate surface area is 182 Å². The van der Waals surface area contributed by atoms with Crippen molar-refractivity contribution >= 4 is 28.9 Å². The Hall–Kier alpha value is -2.43. The number of hydrogen-bond acceptors (Lipinski definition) is 6. The van der Waals surface area contributed by atoms with Crippen LogP contribution in [0.3, 0.4) is 0 Å². The van der Waals surface area contributed by atoms with Crippen molar-refractivity contribution in [3.05, 3.63) is 51.7 Å². The third-order valence-corrected chi connectivity index (χ3v) is 5.94. The maximum atomic E-state index is 12.7. The van der Waals surface area contributed by atoms with Gasteiger partial charge < -0.3 is 10.1 Å². The van der Waals surface area contributed by atoms with E-state index in [0.29, 0.717) is 30.2 Å². The number of hydrogen-bond donors (Lipinski definition) is 1. The van der Waals surface area contributed by atoms with Crippen molar-refractivity contribution in [1.82, 2.24) is 9.80 Å². The summed E-state index contributed by atoms with van der Waals surface area (Å²) in [5.41, 5.74) is 0.623. The molecule has 0 radical (unpaired) electrons. The normalized spacial score (nSPS) is 16.0. The predicted molar refractivity (Wildman–Crippen MR) is 112 cm³/mol. The van der Waals surface area contributed by atoms with Crippen molar-refractivity contribution in [3.63, 3.8) is 0 Å². The molecular weight excluding hydrogens is 431 g/mol. The monoisotopic (exact) mass is 455 g/mol. The quantitative estimate of drug-likeness (QED) is 0.673. The first-order chi connectivity index (χ1) is 14.8. The molecule has 0 spiro atoms. The van der Waals surface area contributed by atoms with Crippen LogP contribution in [0, 0.1) is 0 Å². The van der Waals surface area contributed by atoms with E-state index in [1.54, 1.807) is 11.4 Å². The van der Waals surface area contributed by atoms with Crippen LogP contribution in [0.25, 0.3) is 0 Å². The number of alkyl halides is 3. The topological polar surface area (TPSA) is 61.9 Å². The van der Waals surface area contributed by atoms with Gasteiger partial charge in [0.15, 0.2) is 0 Å². The number of esters is 1. The molecule has 0 bridgehead atoms. The number of amides is 1. The fourth-order valence-electron chi connectivity index (χ4n) is 3.45. The van der Waals surface area contributed by atoms with Gasteiger partial charge >= 0.3 is 12.1 Å². The molecule has 1 aromatic carbocycles. The zero-order chi connectivity index (χ0) is 22.4. The molecule has 2 aromatic rings. The van der Waals surface area contributed by atoms with E-state index < -0.39 is 17.7 Å². The summed E-state index contributed by atoms with van der Waals surface area (Å²) >= 11 is 1.20. The largest absolute Gasteiger partial charge is 0.465 e. The van der Waals surface area contributed by atoms with Crippen LogP contribution in [0.2, 0.25) is 0 Å². The fourth-order valence-corrected chi connectivity index (χ4v) is 4.22. The Bertz CT molecular complexity index is 899. The van der Waals surface area contributed by atoms with Crippen molar-refractivity contribution < 1.29 is 27.5 Å². The van der Waals surface area contributed by atoms with Crippen LogP contribution in [-0.2, 0) is 22.3 Å². The molecule has 0 atom stereocenters. The van der Waals surface area contributed by atoms with Gasteiger partial charge in [-0.15, -0.1) is 11.3 Å². The Morgan fingerprint density at radius 3 is 2.42 bits per heavy atom. The number of thiophene rings is 1. The van der Waals surface area contributed by atoms with Crippen molar-refractivity contribution in [2.45, 2.75) is 19.1 Å². The van der Waals surface area contributed by atoms with E-state index in [1.165, 1.54) is 30.6 Å². The Morgan fingerprint density at radius 2 is 1.74 bits per heavy atom. The van der Waals surface area contributed by atoms with Crippen LogP contribution in [0.5, 0.6) is 0 Å². The van der Waals surface area contributed by atoms with Crippen LogP contribution in [0.1, 0.15) is 27.2 Å². The van der Waals surface area contributed by atoms with Crippen molar-refractivity contribution in [3.8, 4) is 0 Å². The standard InChI is InChI=1S/C21H24F3N3O3S/c1-30-20(29)19-17(7-12-31-19)25-18(28)14-27-9-2-8-26(10-11-27)13-15-3-5-16(6-4-15)21(22,23)24/h3-7,12H,2,8-11,13-14H2,1H3,(H,25,28). The van der Waals surface area contributed by atoms with Gasteiger partial charge in [0.2, 0.25) is 5.91 Å². The number of halogens is 3. The van der Waals surface area contributed by atoms with Crippen LogP contribution in [-0.4, -0.2) is 61.5 Å². The summed E-state index contributed by atoms with van der Waals surface area (Å²) in [7, 11) is 1.29. The lowest BCUT2D eigenvalue weighted by Gasteiger charge is -2.21. The van der Waals surface area contributed by atoms with E-state index in [2.05, 4.69) is 10.2 Å². The third-order valence-electron chi connectivity index (χ3n) is 5.05. The summed E-state index contributed by atoms with van der Waals surface area (Å²) in [5.74, 6) is -0.696. The predicted octanol–water partition coefficient (Wildman–Crippen LogP) is 3.70. The molecule has 1 saturated heterocycles. The minimum absolute atomic E-state index is 0.199. The van der Waals surface area contributed by atoms with Crippen molar-refractivity contribution in [2.24, 2.45) is 0 Å². The number of carbonyl (C=O) groups is 2. The molecule has 0 unspecified atom stereocenters. The van der Waals surface area contributed by atoms with Gasteiger partial charge in [-0.3, -0.25) is 14.6 Å². The van der Waals surface area contributed by atoms with Gasteiger partial charge in [0.25, 0.3) is 0 Å². The van der Waals surface area contributed by atoms with Gasteiger partial charge in [-0.05, 0) is 48.7 Å². The molecular formula is C21H24F3N3O3S. The molecule has 31 heavy (non-hydrogen) atoms. The van der Waals surface area contributed by atoms with Gasteiger partial charge in [0.05, 0.1) is 24.9 Å². The molecule has 3 rings (SSSR count). The average Bonchev–Trinajstić information content (AvgIpc) is 3.07. The SMILES string of the molecule is COC(=O)c1sccc1NC(=O)CN1CCCN(Cc2ccc(C(F)(F)F)cc2)CC1. The molecule has 168 valence electrons. The Morgan fingerprint density at radius 1 is 1.06 bits per heavy atom. The van der Waals surface area contributed by atoms with Crippen LogP contribution in [0.4, 0.5) is 18.9 Å². The highest BCUT2D eigenvalue weighted by Gasteiger charge is 2.30. The molecule has 10 heteroatoms. The van der Waals surface area contributed by atoms with E-state index in [0.717, 1.165) is 37.2 Å². The van der Waals surface area contributed by atoms with E-state index >= 15 is 0 Å². The lowest BCUT2D eigenvalue weighted by Crippen LogP contribution is -2.36. The molecule has 1 N–H and O–H groups in total. The smallest absolute Gasteiger partial charge is 0.416 e. The number of benzene rings is 1. The average molecular weight is 456 g/mol. The van der Waals surface area contributed by atoms with Gasteiger partial charge in [0, 0.05) is 19.6 Å². The fraction of sp³-hybridized carbons (Fsp3) is 0.429. The number of carbonyl (C=O) groups excluding carboxylic acids is 2. The number of ether oxygens (including phenoxy) is 1. The second kappa shape index (κ2) is 10.3. The summed E-state index contributed by atoms with van der Waals surface area (Å²) in [6.45, 7) is 3.68. The van der Waals surface area contributed by atoms with E-state index in [9.17, 15) is 22.8 Å². The highest BCUT2D eigenvalue weighted by Crippen LogP contribution is 2.29. The highest BCUT2D eigenvalue weighted by atomic mass is 32.1. The number of rotatable bonds is 6. The first-order valence-electron chi connectivity index (χ1n) is 9.83. The summed E-state index contributed by atoms with van der Waals surface area (Å²) in [5, 5.41) is 4.48. The number of anilines is 1. The molecule has 1 amide bonds. The lowest BCUT2D eigenvalue weighted by molar-refractivity contribution is -0.137. The van der Waals surface area contributed by atoms with Gasteiger partial charge in [-0.2, -0.15) is 13.2 Å². The molecule has 0 saturated carbocycles. The molecule has 1 aliphatic rings. The minimum atomic E-state index is -4.33. The molecule has 2 heterocycles. The Kier molecular flexibility index (Phi) is 7.69. The van der Waals surface area contributed by atoms with Crippen molar-refractivity contribution in [2.75, 3.05) is 45.2 Å². The van der Waals surface area contributed by atoms with Gasteiger partial charge in [-0.1, -0.05) is 12.1 Å². The van der Waals surface area contributed by atoms with Crippen LogP contribution >= 0.6 is 11.3 Å². The zero-order valence-electron chi connectivity index (χ0n) is 17.1. The zero-order valence-corrected chi connectivity index (χ0v) is 17.9. The summed E-state index contributed by atoms with van der Waals surface area (Å²) in [6, 6.07) is 6.91. The maximum absolute atomic E-state index is 12.7. The third kappa shape index (κ3) is 6.52. The van der Waals surface area contributed by atoms with E-state index in [1.807, 2.05) is 4.90 Å². The summed E-state index contributed by atoms with van der Waals surface area (Å²) in [6.07, 6.45) is -3.48. The molecule has 0 aliphatic carbocycles. The maximum Gasteiger partial charge on any atom is 0.416 e. The first kappa shape index (κ1) is 23.2. The summed E-state index contributed by atoms with van der Waals surface area (Å²) < 4.78 is 42.8. The molecule has 1 aromatic heterocycles. The van der Waals surface area contributed by atoms with Crippen LogP contribution in [0.15, 0.2) is 35.7 Å². The highest BCUT2D eigenvalue weighted by molar-refractivity contribution is 7.12. The molecule has 6 nitrogen and oxygen atoms in total. The van der Waals surface area contributed by atoms with E-state index in [-0.39, 0.29) is 12.5 Å².